The highest BCUT2D eigenvalue weighted by Gasteiger charge is 2.36. The van der Waals surface area contributed by atoms with Crippen molar-refractivity contribution in [3.63, 3.8) is 0 Å². The van der Waals surface area contributed by atoms with Gasteiger partial charge < -0.3 is 8.98 Å². The van der Waals surface area contributed by atoms with Gasteiger partial charge in [-0.05, 0) is 110 Å². The zero-order chi connectivity index (χ0) is 43.1. The molecule has 0 aliphatic heterocycles. The number of aromatic nitrogens is 1. The van der Waals surface area contributed by atoms with Crippen LogP contribution in [0.25, 0.3) is 71.7 Å². The second kappa shape index (κ2) is 15.0. The maximum Gasteiger partial charge on any atom is 0.160 e. The molecule has 2 nitrogen and oxygen atoms in total. The number of hydrogen-bond acceptors (Lipinski definition) is 1. The molecule has 0 amide bonds. The highest BCUT2D eigenvalue weighted by molar-refractivity contribution is 6.21. The smallest absolute Gasteiger partial charge is 0.160 e. The fraction of sp³-hybridized carbons (Fsp3) is 0.161. The minimum absolute atomic E-state index is 0.0812. The molecule has 0 spiro atoms. The van der Waals surface area contributed by atoms with Gasteiger partial charge in [0, 0.05) is 38.6 Å². The number of benzene rings is 8. The standard InChI is InChI=1S/C62H51NO/c1-39-14-8-9-17-48(39)46-29-35-56-55(38-46)49-32-22-41(37-57(49)62(56,3)4)36-54(45-25-23-44(24-26-45)43-15-6-5-7-16-43)40(2)42-27-30-47(31-28-42)63-58-20-12-10-18-50(58)52-33-34-53-51-19-11-13-21-59(51)64-61(53)60(52)63/h5-35,37-40,48,54H,36H2,1-4H3. The van der Waals surface area contributed by atoms with Crippen molar-refractivity contribution in [2.75, 3.05) is 0 Å². The van der Waals surface area contributed by atoms with Crippen LogP contribution < -0.4 is 0 Å². The molecule has 0 saturated heterocycles. The van der Waals surface area contributed by atoms with Gasteiger partial charge in [-0.15, -0.1) is 0 Å². The van der Waals surface area contributed by atoms with Crippen LogP contribution in [0.4, 0.5) is 0 Å². The predicted octanol–water partition coefficient (Wildman–Crippen LogP) is 16.6. The Kier molecular flexibility index (Phi) is 9.02. The summed E-state index contributed by atoms with van der Waals surface area (Å²) in [6, 6.07) is 65.7. The number of furan rings is 1. The molecule has 2 heterocycles. The molecule has 2 aliphatic rings. The van der Waals surface area contributed by atoms with E-state index < -0.39 is 0 Å². The molecular formula is C62H51NO. The van der Waals surface area contributed by atoms with Gasteiger partial charge in [0.1, 0.15) is 5.58 Å². The third kappa shape index (κ3) is 6.14. The summed E-state index contributed by atoms with van der Waals surface area (Å²) in [7, 11) is 0. The zero-order valence-corrected chi connectivity index (χ0v) is 36.9. The SMILES string of the molecule is CC1C=CC=CC1c1ccc2c(c1)-c1ccc(CC(c3ccc(-c4ccccc4)cc3)C(C)c3ccc(-n4c5ccccc5c5ccc6c7ccccc7oc6c54)cc3)cc1C2(C)C. The molecule has 0 fully saturated rings. The summed E-state index contributed by atoms with van der Waals surface area (Å²) in [5, 5.41) is 4.72. The van der Waals surface area contributed by atoms with Crippen LogP contribution in [0.15, 0.2) is 205 Å². The molecule has 4 unspecified atom stereocenters. The Balaban J connectivity index is 0.925. The number of allylic oxidation sites excluding steroid dienone is 4. The Labute approximate surface area is 375 Å². The Bertz CT molecular complexity index is 3470. The first-order valence-electron chi connectivity index (χ1n) is 23.0. The highest BCUT2D eigenvalue weighted by Crippen LogP contribution is 2.51. The first-order valence-corrected chi connectivity index (χ1v) is 23.0. The van der Waals surface area contributed by atoms with Gasteiger partial charge in [-0.1, -0.05) is 198 Å². The molecular weight excluding hydrogens is 775 g/mol. The van der Waals surface area contributed by atoms with Crippen molar-refractivity contribution in [3.8, 4) is 27.9 Å². The fourth-order valence-electron chi connectivity index (χ4n) is 11.3. The Hall–Kier alpha value is -7.16. The minimum Gasteiger partial charge on any atom is -0.454 e. The number of rotatable bonds is 8. The van der Waals surface area contributed by atoms with Crippen LogP contribution in [-0.4, -0.2) is 4.57 Å². The van der Waals surface area contributed by atoms with Crippen molar-refractivity contribution in [1.29, 1.82) is 0 Å². The van der Waals surface area contributed by atoms with E-state index in [4.69, 9.17) is 4.42 Å². The fourth-order valence-corrected chi connectivity index (χ4v) is 11.3. The molecule has 12 rings (SSSR count). The number of hydrogen-bond donors (Lipinski definition) is 0. The van der Waals surface area contributed by atoms with Crippen molar-refractivity contribution in [2.45, 2.75) is 57.3 Å². The van der Waals surface area contributed by atoms with Crippen LogP contribution in [0, 0.1) is 5.92 Å². The van der Waals surface area contributed by atoms with Crippen molar-refractivity contribution >= 4 is 43.7 Å². The lowest BCUT2D eigenvalue weighted by atomic mass is 9.77. The van der Waals surface area contributed by atoms with Crippen LogP contribution in [0.3, 0.4) is 0 Å². The van der Waals surface area contributed by atoms with Gasteiger partial charge in [0.25, 0.3) is 0 Å². The molecule has 2 aliphatic carbocycles. The van der Waals surface area contributed by atoms with Crippen LogP contribution in [0.1, 0.15) is 78.8 Å². The minimum atomic E-state index is -0.0812. The largest absolute Gasteiger partial charge is 0.454 e. The van der Waals surface area contributed by atoms with Crippen molar-refractivity contribution in [3.05, 3.63) is 234 Å². The van der Waals surface area contributed by atoms with E-state index in [1.165, 1.54) is 71.9 Å². The van der Waals surface area contributed by atoms with E-state index in [-0.39, 0.29) is 17.3 Å². The molecule has 0 saturated carbocycles. The molecule has 64 heavy (non-hydrogen) atoms. The molecule has 0 N–H and O–H groups in total. The number of fused-ring (bicyclic) bond motifs is 10. The maximum absolute atomic E-state index is 6.66. The molecule has 0 radical (unpaired) electrons. The van der Waals surface area contributed by atoms with E-state index in [0.29, 0.717) is 11.8 Å². The van der Waals surface area contributed by atoms with E-state index in [1.54, 1.807) is 0 Å². The molecule has 8 aromatic carbocycles. The molecule has 10 aromatic rings. The van der Waals surface area contributed by atoms with Crippen molar-refractivity contribution in [2.24, 2.45) is 5.92 Å². The molecule has 2 heteroatoms. The van der Waals surface area contributed by atoms with Gasteiger partial charge in [0.05, 0.1) is 11.0 Å². The van der Waals surface area contributed by atoms with Gasteiger partial charge in [0.2, 0.25) is 0 Å². The van der Waals surface area contributed by atoms with E-state index in [2.05, 4.69) is 232 Å². The van der Waals surface area contributed by atoms with Crippen molar-refractivity contribution in [1.82, 2.24) is 4.57 Å². The lowest BCUT2D eigenvalue weighted by Crippen LogP contribution is -2.16. The van der Waals surface area contributed by atoms with Crippen molar-refractivity contribution < 1.29 is 4.42 Å². The topological polar surface area (TPSA) is 18.1 Å². The predicted molar refractivity (Wildman–Crippen MR) is 269 cm³/mol. The third-order valence-corrected chi connectivity index (χ3v) is 14.9. The lowest BCUT2D eigenvalue weighted by Gasteiger charge is -2.27. The van der Waals surface area contributed by atoms with Gasteiger partial charge in [-0.2, -0.15) is 0 Å². The molecule has 310 valence electrons. The second-order valence-electron chi connectivity index (χ2n) is 18.9. The van der Waals surface area contributed by atoms with Crippen LogP contribution in [0.5, 0.6) is 0 Å². The average Bonchev–Trinajstić information content (AvgIpc) is 3.96. The zero-order valence-electron chi connectivity index (χ0n) is 36.9. The van der Waals surface area contributed by atoms with E-state index >= 15 is 0 Å². The van der Waals surface area contributed by atoms with E-state index in [9.17, 15) is 0 Å². The van der Waals surface area contributed by atoms with Crippen LogP contribution >= 0.6 is 0 Å². The Morgan fingerprint density at radius 3 is 2.09 bits per heavy atom. The second-order valence-corrected chi connectivity index (χ2v) is 18.9. The summed E-state index contributed by atoms with van der Waals surface area (Å²) in [6.07, 6.45) is 10.0. The van der Waals surface area contributed by atoms with Crippen LogP contribution in [-0.2, 0) is 11.8 Å². The first-order chi connectivity index (χ1) is 31.3. The molecule has 2 aromatic heterocycles. The third-order valence-electron chi connectivity index (χ3n) is 14.9. The molecule has 4 atom stereocenters. The highest BCUT2D eigenvalue weighted by atomic mass is 16.3. The van der Waals surface area contributed by atoms with Gasteiger partial charge >= 0.3 is 0 Å². The van der Waals surface area contributed by atoms with Crippen LogP contribution in [0.2, 0.25) is 0 Å². The first kappa shape index (κ1) is 38.5. The maximum atomic E-state index is 6.66. The lowest BCUT2D eigenvalue weighted by molar-refractivity contribution is 0.571. The summed E-state index contributed by atoms with van der Waals surface area (Å²) < 4.78 is 9.06. The summed E-state index contributed by atoms with van der Waals surface area (Å²) >= 11 is 0. The van der Waals surface area contributed by atoms with Gasteiger partial charge in [-0.25, -0.2) is 0 Å². The normalized spacial score (nSPS) is 17.3. The average molecular weight is 826 g/mol. The quantitative estimate of drug-likeness (QED) is 0.149. The number of para-hydroxylation sites is 2. The summed E-state index contributed by atoms with van der Waals surface area (Å²) in [4.78, 5) is 0. The Morgan fingerprint density at radius 2 is 1.28 bits per heavy atom. The van der Waals surface area contributed by atoms with Gasteiger partial charge in [0.15, 0.2) is 5.58 Å². The molecule has 0 bridgehead atoms. The van der Waals surface area contributed by atoms with E-state index in [1.807, 2.05) is 0 Å². The number of nitrogens with zero attached hydrogens (tertiary/aromatic N) is 1. The monoisotopic (exact) mass is 825 g/mol. The van der Waals surface area contributed by atoms with E-state index in [0.717, 1.165) is 39.6 Å². The van der Waals surface area contributed by atoms with Gasteiger partial charge in [-0.3, -0.25) is 0 Å². The summed E-state index contributed by atoms with van der Waals surface area (Å²) in [5.74, 6) is 1.39. The Morgan fingerprint density at radius 1 is 0.578 bits per heavy atom. The summed E-state index contributed by atoms with van der Waals surface area (Å²) in [6.45, 7) is 9.57. The summed E-state index contributed by atoms with van der Waals surface area (Å²) in [5.41, 5.74) is 18.8.